The number of ether oxygens (including phenoxy) is 1. The smallest absolute Gasteiger partial charge is 0.411 e. The molecule has 0 aliphatic heterocycles. The van der Waals surface area contributed by atoms with Gasteiger partial charge in [-0.25, -0.2) is 13.6 Å². The largest absolute Gasteiger partial charge is 0.449 e. The molecule has 0 aliphatic rings. The number of nitrogens with one attached hydrogen (secondary N) is 1. The van der Waals surface area contributed by atoms with Crippen molar-refractivity contribution in [2.45, 2.75) is 12.8 Å². The fourth-order valence-corrected chi connectivity index (χ4v) is 1.29. The van der Waals surface area contributed by atoms with Crippen molar-refractivity contribution in [3.05, 3.63) is 29.8 Å². The minimum atomic E-state index is -0.845. The molecule has 0 heterocycles. The highest BCUT2D eigenvalue weighted by Gasteiger charge is 2.08. The van der Waals surface area contributed by atoms with E-state index in [0.717, 1.165) is 18.6 Å². The molecular weight excluding hydrogens is 252 g/mol. The zero-order valence-corrected chi connectivity index (χ0v) is 9.77. The van der Waals surface area contributed by atoms with Crippen LogP contribution in [-0.4, -0.2) is 18.6 Å². The molecule has 0 aliphatic carbocycles. The number of carbonyl (C=O) groups excluding carboxylic acids is 1. The number of anilines is 1. The molecule has 17 heavy (non-hydrogen) atoms. The van der Waals surface area contributed by atoms with Gasteiger partial charge >= 0.3 is 6.09 Å². The first-order chi connectivity index (χ1) is 8.13. The van der Waals surface area contributed by atoms with E-state index in [9.17, 15) is 13.6 Å². The van der Waals surface area contributed by atoms with Crippen LogP contribution in [0.2, 0.25) is 0 Å². The highest BCUT2D eigenvalue weighted by atomic mass is 35.5. The molecule has 0 fully saturated rings. The minimum absolute atomic E-state index is 0.117. The highest BCUT2D eigenvalue weighted by molar-refractivity contribution is 6.17. The van der Waals surface area contributed by atoms with Gasteiger partial charge in [-0.3, -0.25) is 5.32 Å². The Morgan fingerprint density at radius 1 is 1.35 bits per heavy atom. The van der Waals surface area contributed by atoms with E-state index in [0.29, 0.717) is 18.4 Å². The van der Waals surface area contributed by atoms with Crippen molar-refractivity contribution in [2.24, 2.45) is 0 Å². The molecular formula is C11H12ClF2NO2. The maximum absolute atomic E-state index is 13.1. The van der Waals surface area contributed by atoms with E-state index in [-0.39, 0.29) is 12.3 Å². The summed E-state index contributed by atoms with van der Waals surface area (Å²) in [7, 11) is 0. The van der Waals surface area contributed by atoms with E-state index >= 15 is 0 Å². The zero-order valence-electron chi connectivity index (χ0n) is 9.01. The molecule has 0 radical (unpaired) electrons. The number of hydrogen-bond donors (Lipinski definition) is 1. The summed E-state index contributed by atoms with van der Waals surface area (Å²) in [6.07, 6.45) is 0.604. The van der Waals surface area contributed by atoms with Gasteiger partial charge in [0.25, 0.3) is 0 Å². The van der Waals surface area contributed by atoms with Crippen LogP contribution in [0.25, 0.3) is 0 Å². The quantitative estimate of drug-likeness (QED) is 0.652. The Balaban J connectivity index is 2.40. The predicted molar refractivity (Wildman–Crippen MR) is 61.3 cm³/mol. The van der Waals surface area contributed by atoms with Gasteiger partial charge in [-0.2, -0.15) is 0 Å². The molecule has 0 spiro atoms. The molecule has 94 valence electrons. The van der Waals surface area contributed by atoms with E-state index in [4.69, 9.17) is 16.3 Å². The normalized spacial score (nSPS) is 10.1. The van der Waals surface area contributed by atoms with Gasteiger partial charge in [0, 0.05) is 11.9 Å². The average molecular weight is 264 g/mol. The van der Waals surface area contributed by atoms with Gasteiger partial charge in [0.05, 0.1) is 12.3 Å². The monoisotopic (exact) mass is 263 g/mol. The molecule has 1 aromatic carbocycles. The number of unbranched alkanes of at least 4 members (excludes halogenated alkanes) is 1. The van der Waals surface area contributed by atoms with Crippen LogP contribution >= 0.6 is 11.6 Å². The number of benzene rings is 1. The number of hydrogen-bond acceptors (Lipinski definition) is 2. The third-order valence-electron chi connectivity index (χ3n) is 1.93. The number of alkyl halides is 1. The van der Waals surface area contributed by atoms with E-state index in [1.54, 1.807) is 0 Å². The first kappa shape index (κ1) is 13.7. The van der Waals surface area contributed by atoms with Crippen molar-refractivity contribution in [3.8, 4) is 0 Å². The lowest BCUT2D eigenvalue weighted by Gasteiger charge is -2.07. The molecule has 0 unspecified atom stereocenters. The lowest BCUT2D eigenvalue weighted by Crippen LogP contribution is -2.15. The van der Waals surface area contributed by atoms with Crippen molar-refractivity contribution >= 4 is 23.4 Å². The van der Waals surface area contributed by atoms with Crippen LogP contribution in [0, 0.1) is 11.6 Å². The number of halogens is 3. The summed E-state index contributed by atoms with van der Waals surface area (Å²) in [5.41, 5.74) is -0.117. The molecule has 6 heteroatoms. The van der Waals surface area contributed by atoms with Crippen LogP contribution in [0.3, 0.4) is 0 Å². The highest BCUT2D eigenvalue weighted by Crippen LogP contribution is 2.15. The Morgan fingerprint density at radius 2 is 2.12 bits per heavy atom. The SMILES string of the molecule is O=C(Nc1ccc(F)cc1F)OCCCCCl. The Kier molecular flexibility index (Phi) is 5.69. The standard InChI is InChI=1S/C11H12ClF2NO2/c12-5-1-2-6-17-11(16)15-10-4-3-8(13)7-9(10)14/h3-4,7H,1-2,5-6H2,(H,15,16). The summed E-state index contributed by atoms with van der Waals surface area (Å²) in [4.78, 5) is 11.2. The van der Waals surface area contributed by atoms with Gasteiger partial charge in [0.2, 0.25) is 0 Å². The van der Waals surface area contributed by atoms with Gasteiger partial charge in [-0.05, 0) is 25.0 Å². The Hall–Kier alpha value is -1.36. The zero-order chi connectivity index (χ0) is 12.7. The Bertz CT molecular complexity index is 388. The second-order valence-corrected chi connectivity index (χ2v) is 3.66. The van der Waals surface area contributed by atoms with Crippen molar-refractivity contribution < 1.29 is 18.3 Å². The molecule has 0 aromatic heterocycles. The first-order valence-corrected chi connectivity index (χ1v) is 5.61. The molecule has 1 N–H and O–H groups in total. The van der Waals surface area contributed by atoms with Gasteiger partial charge < -0.3 is 4.74 Å². The van der Waals surface area contributed by atoms with E-state index in [1.807, 2.05) is 0 Å². The maximum Gasteiger partial charge on any atom is 0.411 e. The summed E-state index contributed by atoms with van der Waals surface area (Å²) >= 11 is 5.44. The van der Waals surface area contributed by atoms with Crippen LogP contribution in [0.15, 0.2) is 18.2 Å². The molecule has 1 aromatic rings. The fourth-order valence-electron chi connectivity index (χ4n) is 1.10. The number of amides is 1. The van der Waals surface area contributed by atoms with Gasteiger partial charge in [0.1, 0.15) is 11.6 Å². The van der Waals surface area contributed by atoms with Crippen molar-refractivity contribution in [2.75, 3.05) is 17.8 Å². The summed E-state index contributed by atoms with van der Waals surface area (Å²) in [6.45, 7) is 0.210. The summed E-state index contributed by atoms with van der Waals surface area (Å²) < 4.78 is 30.5. The predicted octanol–water partition coefficient (Wildman–Crippen LogP) is 3.53. The lowest BCUT2D eigenvalue weighted by molar-refractivity contribution is 0.160. The van der Waals surface area contributed by atoms with Crippen LogP contribution in [0.5, 0.6) is 0 Å². The van der Waals surface area contributed by atoms with E-state index < -0.39 is 17.7 Å². The molecule has 0 saturated carbocycles. The van der Waals surface area contributed by atoms with Crippen molar-refractivity contribution in [1.82, 2.24) is 0 Å². The van der Waals surface area contributed by atoms with Crippen LogP contribution in [0.1, 0.15) is 12.8 Å². The number of carbonyl (C=O) groups is 1. The molecule has 3 nitrogen and oxygen atoms in total. The molecule has 0 atom stereocenters. The maximum atomic E-state index is 13.1. The summed E-state index contributed by atoms with van der Waals surface area (Å²) in [5.74, 6) is -1.05. The van der Waals surface area contributed by atoms with Gasteiger partial charge in [0.15, 0.2) is 0 Å². The second-order valence-electron chi connectivity index (χ2n) is 3.28. The first-order valence-electron chi connectivity index (χ1n) is 5.08. The fraction of sp³-hybridized carbons (Fsp3) is 0.364. The minimum Gasteiger partial charge on any atom is -0.449 e. The third-order valence-corrected chi connectivity index (χ3v) is 2.20. The van der Waals surface area contributed by atoms with Crippen molar-refractivity contribution in [1.29, 1.82) is 0 Å². The topological polar surface area (TPSA) is 38.3 Å². The van der Waals surface area contributed by atoms with Gasteiger partial charge in [-0.15, -0.1) is 11.6 Å². The molecule has 1 amide bonds. The van der Waals surface area contributed by atoms with Gasteiger partial charge in [-0.1, -0.05) is 0 Å². The van der Waals surface area contributed by atoms with Crippen LogP contribution in [-0.2, 0) is 4.74 Å². The summed E-state index contributed by atoms with van der Waals surface area (Å²) in [5, 5.41) is 2.18. The molecule has 1 rings (SSSR count). The second kappa shape index (κ2) is 7.06. The molecule has 0 bridgehead atoms. The Morgan fingerprint density at radius 3 is 2.76 bits per heavy atom. The van der Waals surface area contributed by atoms with Crippen molar-refractivity contribution in [3.63, 3.8) is 0 Å². The van der Waals surface area contributed by atoms with E-state index in [1.165, 1.54) is 0 Å². The number of rotatable bonds is 5. The van der Waals surface area contributed by atoms with Crippen LogP contribution < -0.4 is 5.32 Å². The van der Waals surface area contributed by atoms with E-state index in [2.05, 4.69) is 5.32 Å². The average Bonchev–Trinajstić information content (AvgIpc) is 2.28. The Labute approximate surface area is 103 Å². The third kappa shape index (κ3) is 4.99. The lowest BCUT2D eigenvalue weighted by atomic mass is 10.3. The summed E-state index contributed by atoms with van der Waals surface area (Å²) in [6, 6.07) is 2.86. The van der Waals surface area contributed by atoms with Crippen LogP contribution in [0.4, 0.5) is 19.3 Å². The molecule has 0 saturated heterocycles.